The van der Waals surface area contributed by atoms with E-state index in [1.165, 1.54) is 0 Å². The predicted octanol–water partition coefficient (Wildman–Crippen LogP) is 3.29. The van der Waals surface area contributed by atoms with Crippen LogP contribution in [0.25, 0.3) is 0 Å². The molecule has 134 valence electrons. The van der Waals surface area contributed by atoms with Gasteiger partial charge in [-0.25, -0.2) is 18.0 Å². The number of hydrogen-bond acceptors (Lipinski definition) is 2. The van der Waals surface area contributed by atoms with E-state index in [9.17, 15) is 22.8 Å². The molecule has 0 aromatic heterocycles. The molecule has 5 nitrogen and oxygen atoms in total. The van der Waals surface area contributed by atoms with E-state index in [1.54, 1.807) is 38.1 Å². The van der Waals surface area contributed by atoms with Crippen molar-refractivity contribution in [2.75, 3.05) is 6.54 Å². The second-order valence-electron chi connectivity index (χ2n) is 5.78. The Bertz CT molecular complexity index is 564. The maximum absolute atomic E-state index is 13.6. The minimum Gasteiger partial charge on any atom is -0.465 e. The number of rotatable bonds is 7. The molecule has 0 aliphatic carbocycles. The zero-order valence-electron chi connectivity index (χ0n) is 13.7. The number of carbonyl (C=O) groups excluding carboxylic acids is 1. The number of amides is 2. The molecule has 2 N–H and O–H groups in total. The third kappa shape index (κ3) is 5.14. The Hall–Kier alpha value is -2.25. The van der Waals surface area contributed by atoms with Crippen LogP contribution in [0.3, 0.4) is 0 Å². The number of nitrogens with zero attached hydrogens (tertiary/aromatic N) is 1. The molecule has 1 aromatic rings. The highest BCUT2D eigenvalue weighted by Crippen LogP contribution is 2.20. The van der Waals surface area contributed by atoms with Crippen LogP contribution in [0.2, 0.25) is 0 Å². The van der Waals surface area contributed by atoms with Gasteiger partial charge in [0.15, 0.2) is 0 Å². The summed E-state index contributed by atoms with van der Waals surface area (Å²) in [7, 11) is 0. The fraction of sp³-hybridized carbons (Fsp3) is 0.500. The van der Waals surface area contributed by atoms with Gasteiger partial charge in [0, 0.05) is 12.1 Å². The molecule has 0 aliphatic rings. The van der Waals surface area contributed by atoms with Gasteiger partial charge in [-0.2, -0.15) is 0 Å². The van der Waals surface area contributed by atoms with Crippen LogP contribution in [0.5, 0.6) is 0 Å². The smallest absolute Gasteiger partial charge is 0.410 e. The molecular formula is C16H21F3N2O3. The van der Waals surface area contributed by atoms with Crippen molar-refractivity contribution in [2.24, 2.45) is 5.92 Å². The van der Waals surface area contributed by atoms with E-state index in [-0.39, 0.29) is 11.4 Å². The van der Waals surface area contributed by atoms with Crippen LogP contribution >= 0.6 is 0 Å². The Labute approximate surface area is 138 Å². The van der Waals surface area contributed by atoms with Crippen LogP contribution in [0.15, 0.2) is 24.3 Å². The first kappa shape index (κ1) is 19.8. The molecule has 0 bridgehead atoms. The van der Waals surface area contributed by atoms with Crippen LogP contribution in [0, 0.1) is 12.8 Å². The number of carbonyl (C=O) groups is 2. The second-order valence-corrected chi connectivity index (χ2v) is 5.78. The van der Waals surface area contributed by atoms with Gasteiger partial charge in [0.05, 0.1) is 6.04 Å². The maximum Gasteiger partial charge on any atom is 0.410 e. The summed E-state index contributed by atoms with van der Waals surface area (Å²) in [5, 5.41) is 11.5. The van der Waals surface area contributed by atoms with Gasteiger partial charge < -0.3 is 10.4 Å². The number of benzene rings is 1. The van der Waals surface area contributed by atoms with E-state index < -0.39 is 36.7 Å². The molecular weight excluding hydrogens is 325 g/mol. The molecule has 0 saturated heterocycles. The van der Waals surface area contributed by atoms with Gasteiger partial charge in [-0.15, -0.1) is 0 Å². The molecule has 2 unspecified atom stereocenters. The average Bonchev–Trinajstić information content (AvgIpc) is 2.50. The topological polar surface area (TPSA) is 69.6 Å². The lowest BCUT2D eigenvalue weighted by atomic mass is 10.0. The molecule has 8 heteroatoms. The Balaban J connectivity index is 2.86. The fourth-order valence-corrected chi connectivity index (χ4v) is 2.21. The molecule has 1 rings (SSSR count). The normalized spacial score (nSPS) is 13.7. The number of halogens is 3. The molecule has 0 radical (unpaired) electrons. The molecule has 24 heavy (non-hydrogen) atoms. The van der Waals surface area contributed by atoms with Crippen LogP contribution in [0.4, 0.5) is 18.0 Å². The number of hydrogen-bond donors (Lipinski definition) is 2. The molecule has 1 aromatic carbocycles. The third-order valence-electron chi connectivity index (χ3n) is 3.61. The summed E-state index contributed by atoms with van der Waals surface area (Å²) in [6.45, 7) is 4.71. The monoisotopic (exact) mass is 346 g/mol. The highest BCUT2D eigenvalue weighted by molar-refractivity contribution is 5.94. The largest absolute Gasteiger partial charge is 0.465 e. The molecule has 0 aliphatic heterocycles. The van der Waals surface area contributed by atoms with Crippen molar-refractivity contribution < 1.29 is 27.9 Å². The third-order valence-corrected chi connectivity index (χ3v) is 3.61. The Kier molecular flexibility index (Phi) is 7.06. The SMILES string of the molecule is Cc1ccc(C(=O)NCC(C(C)C)N(C(=O)O)C(F)C(F)F)cc1. The van der Waals surface area contributed by atoms with E-state index in [2.05, 4.69) is 5.32 Å². The Morgan fingerprint density at radius 1 is 1.17 bits per heavy atom. The predicted molar refractivity (Wildman–Crippen MR) is 82.9 cm³/mol. The standard InChI is InChI=1S/C16H21F3N2O3/c1-9(2)12(21(16(23)24)14(19)13(17)18)8-20-15(22)11-6-4-10(3)5-7-11/h4-7,9,12-14H,8H2,1-3H3,(H,20,22)(H,23,24). The number of carboxylic acid groups (broad SMARTS) is 1. The molecule has 2 atom stereocenters. The first-order valence-corrected chi connectivity index (χ1v) is 7.43. The van der Waals surface area contributed by atoms with Gasteiger partial charge in [-0.1, -0.05) is 31.5 Å². The van der Waals surface area contributed by atoms with Crippen molar-refractivity contribution in [3.05, 3.63) is 35.4 Å². The van der Waals surface area contributed by atoms with Gasteiger partial charge >= 0.3 is 6.09 Å². The van der Waals surface area contributed by atoms with Crippen molar-refractivity contribution in [3.8, 4) is 0 Å². The first-order valence-electron chi connectivity index (χ1n) is 7.43. The summed E-state index contributed by atoms with van der Waals surface area (Å²) in [4.78, 5) is 23.3. The number of nitrogens with one attached hydrogen (secondary N) is 1. The first-order chi connectivity index (χ1) is 11.1. The molecule has 0 heterocycles. The highest BCUT2D eigenvalue weighted by atomic mass is 19.3. The van der Waals surface area contributed by atoms with Crippen LogP contribution in [-0.2, 0) is 0 Å². The maximum atomic E-state index is 13.6. The quantitative estimate of drug-likeness (QED) is 0.745. The van der Waals surface area contributed by atoms with Crippen molar-refractivity contribution >= 4 is 12.0 Å². The zero-order valence-corrected chi connectivity index (χ0v) is 13.7. The highest BCUT2D eigenvalue weighted by Gasteiger charge is 2.38. The average molecular weight is 346 g/mol. The van der Waals surface area contributed by atoms with E-state index in [1.807, 2.05) is 6.92 Å². The summed E-state index contributed by atoms with van der Waals surface area (Å²) in [6, 6.07) is 5.50. The van der Waals surface area contributed by atoms with Crippen molar-refractivity contribution in [1.82, 2.24) is 10.2 Å². The minimum absolute atomic E-state index is 0.0603. The van der Waals surface area contributed by atoms with Crippen molar-refractivity contribution in [1.29, 1.82) is 0 Å². The summed E-state index contributed by atoms with van der Waals surface area (Å²) >= 11 is 0. The van der Waals surface area contributed by atoms with Gasteiger partial charge in [-0.3, -0.25) is 9.69 Å². The van der Waals surface area contributed by atoms with Crippen molar-refractivity contribution in [3.63, 3.8) is 0 Å². The van der Waals surface area contributed by atoms with Gasteiger partial charge in [0.1, 0.15) is 0 Å². The van der Waals surface area contributed by atoms with Gasteiger partial charge in [0.2, 0.25) is 6.30 Å². The number of aryl methyl sites for hydroxylation is 1. The summed E-state index contributed by atoms with van der Waals surface area (Å²) in [6.07, 6.45) is -8.22. The lowest BCUT2D eigenvalue weighted by Gasteiger charge is -2.34. The van der Waals surface area contributed by atoms with E-state index in [4.69, 9.17) is 5.11 Å². The number of alkyl halides is 3. The van der Waals surface area contributed by atoms with Crippen LogP contribution in [0.1, 0.15) is 29.8 Å². The van der Waals surface area contributed by atoms with Crippen LogP contribution in [-0.4, -0.2) is 47.3 Å². The lowest BCUT2D eigenvalue weighted by molar-refractivity contribution is -0.0611. The fourth-order valence-electron chi connectivity index (χ4n) is 2.21. The van der Waals surface area contributed by atoms with E-state index in [0.717, 1.165) is 5.56 Å². The zero-order chi connectivity index (χ0) is 18.4. The Morgan fingerprint density at radius 2 is 1.71 bits per heavy atom. The molecule has 2 amide bonds. The molecule has 0 fully saturated rings. The second kappa shape index (κ2) is 8.56. The van der Waals surface area contributed by atoms with Crippen molar-refractivity contribution in [2.45, 2.75) is 39.5 Å². The van der Waals surface area contributed by atoms with Gasteiger partial charge in [0.25, 0.3) is 12.3 Å². The van der Waals surface area contributed by atoms with Gasteiger partial charge in [-0.05, 0) is 25.0 Å². The summed E-state index contributed by atoms with van der Waals surface area (Å²) in [5.41, 5.74) is 1.30. The Morgan fingerprint density at radius 3 is 2.12 bits per heavy atom. The summed E-state index contributed by atoms with van der Waals surface area (Å²) < 4.78 is 38.8. The molecule has 0 saturated carbocycles. The summed E-state index contributed by atoms with van der Waals surface area (Å²) in [5.74, 6) is -0.963. The van der Waals surface area contributed by atoms with E-state index in [0.29, 0.717) is 5.56 Å². The minimum atomic E-state index is -3.46. The lowest BCUT2D eigenvalue weighted by Crippen LogP contribution is -2.54. The van der Waals surface area contributed by atoms with E-state index >= 15 is 0 Å². The molecule has 0 spiro atoms. The van der Waals surface area contributed by atoms with Crippen LogP contribution < -0.4 is 5.32 Å².